The number of halogens is 1. The molecule has 0 aliphatic carbocycles. The van der Waals surface area contributed by atoms with Gasteiger partial charge in [-0.1, -0.05) is 0 Å². The number of hydrogen-bond acceptors (Lipinski definition) is 4. The summed E-state index contributed by atoms with van der Waals surface area (Å²) in [5.41, 5.74) is 7.10. The minimum absolute atomic E-state index is 0.365. The first-order valence-corrected chi connectivity index (χ1v) is 5.22. The van der Waals surface area contributed by atoms with Crippen LogP contribution in [0.3, 0.4) is 0 Å². The fourth-order valence-corrected chi connectivity index (χ4v) is 1.46. The number of rotatable bonds is 3. The molecule has 3 N–H and O–H groups in total. The first kappa shape index (κ1) is 11.3. The molecule has 0 aliphatic rings. The first-order chi connectivity index (χ1) is 8.15. The van der Waals surface area contributed by atoms with Crippen molar-refractivity contribution < 1.29 is 4.39 Å². The Morgan fingerprint density at radius 3 is 2.88 bits per heavy atom. The summed E-state index contributed by atoms with van der Waals surface area (Å²) >= 11 is 0. The molecule has 88 valence electrons. The van der Waals surface area contributed by atoms with E-state index in [1.165, 1.54) is 6.07 Å². The average Bonchev–Trinajstić information content (AvgIpc) is 2.28. The number of anilines is 2. The van der Waals surface area contributed by atoms with E-state index in [1.807, 2.05) is 6.92 Å². The lowest BCUT2D eigenvalue weighted by Gasteiger charge is -2.07. The molecule has 2 rings (SSSR count). The van der Waals surface area contributed by atoms with Crippen LogP contribution in [-0.4, -0.2) is 9.97 Å². The topological polar surface area (TPSA) is 63.8 Å². The second-order valence-corrected chi connectivity index (χ2v) is 3.69. The van der Waals surface area contributed by atoms with Crippen LogP contribution in [0, 0.1) is 12.7 Å². The second-order valence-electron chi connectivity index (χ2n) is 3.69. The maximum absolute atomic E-state index is 13.5. The highest BCUT2D eigenvalue weighted by Crippen LogP contribution is 2.17. The zero-order valence-electron chi connectivity index (χ0n) is 9.44. The number of nitrogens with zero attached hydrogens (tertiary/aromatic N) is 2. The number of nitrogens with two attached hydrogens (primary N) is 1. The van der Waals surface area contributed by atoms with Gasteiger partial charge in [0.1, 0.15) is 11.6 Å². The molecule has 5 heteroatoms. The fraction of sp³-hybridized carbons (Fsp3) is 0.167. The largest absolute Gasteiger partial charge is 0.399 e. The van der Waals surface area contributed by atoms with Gasteiger partial charge in [-0.3, -0.25) is 0 Å². The van der Waals surface area contributed by atoms with Crippen LogP contribution in [0.2, 0.25) is 0 Å². The normalized spacial score (nSPS) is 10.2. The summed E-state index contributed by atoms with van der Waals surface area (Å²) in [4.78, 5) is 8.21. The molecule has 0 amide bonds. The van der Waals surface area contributed by atoms with Gasteiger partial charge in [-0.15, -0.1) is 0 Å². The number of hydrogen-bond donors (Lipinski definition) is 2. The van der Waals surface area contributed by atoms with Crippen molar-refractivity contribution in [3.8, 4) is 0 Å². The van der Waals surface area contributed by atoms with Crippen molar-refractivity contribution in [1.82, 2.24) is 9.97 Å². The van der Waals surface area contributed by atoms with E-state index in [2.05, 4.69) is 15.3 Å². The third-order valence-corrected chi connectivity index (χ3v) is 2.29. The molecular formula is C12H13FN4. The molecule has 0 saturated carbocycles. The predicted molar refractivity (Wildman–Crippen MR) is 64.9 cm³/mol. The molecule has 0 spiro atoms. The molecule has 0 bridgehead atoms. The van der Waals surface area contributed by atoms with E-state index in [4.69, 9.17) is 5.73 Å². The molecule has 2 aromatic rings. The lowest BCUT2D eigenvalue weighted by Crippen LogP contribution is -2.04. The molecule has 17 heavy (non-hydrogen) atoms. The van der Waals surface area contributed by atoms with Gasteiger partial charge < -0.3 is 11.1 Å². The third kappa shape index (κ3) is 2.90. The first-order valence-electron chi connectivity index (χ1n) is 5.22. The molecule has 1 heterocycles. The van der Waals surface area contributed by atoms with Crippen LogP contribution >= 0.6 is 0 Å². The molecule has 4 nitrogen and oxygen atoms in total. The van der Waals surface area contributed by atoms with Crippen LogP contribution in [-0.2, 0) is 6.54 Å². The molecule has 0 aliphatic heterocycles. The van der Waals surface area contributed by atoms with E-state index in [-0.39, 0.29) is 5.82 Å². The Bertz CT molecular complexity index is 528. The van der Waals surface area contributed by atoms with Crippen molar-refractivity contribution in [2.45, 2.75) is 13.5 Å². The standard InChI is InChI=1S/C12H13FN4/c1-8-15-5-4-10(17-8)7-16-12-3-2-9(14)6-11(12)13/h2-6,16H,7,14H2,1H3. The van der Waals surface area contributed by atoms with Crippen LogP contribution < -0.4 is 11.1 Å². The molecule has 0 atom stereocenters. The highest BCUT2D eigenvalue weighted by Gasteiger charge is 2.02. The van der Waals surface area contributed by atoms with Crippen LogP contribution in [0.1, 0.15) is 11.5 Å². The lowest BCUT2D eigenvalue weighted by molar-refractivity contribution is 0.630. The highest BCUT2D eigenvalue weighted by molar-refractivity contribution is 5.52. The summed E-state index contributed by atoms with van der Waals surface area (Å²) in [5, 5.41) is 2.96. The van der Waals surface area contributed by atoms with Crippen molar-refractivity contribution in [1.29, 1.82) is 0 Å². The fourth-order valence-electron chi connectivity index (χ4n) is 1.46. The minimum Gasteiger partial charge on any atom is -0.399 e. The average molecular weight is 232 g/mol. The van der Waals surface area contributed by atoms with Gasteiger partial charge in [-0.2, -0.15) is 0 Å². The molecule has 0 fully saturated rings. The Balaban J connectivity index is 2.07. The van der Waals surface area contributed by atoms with Crippen molar-refractivity contribution in [2.75, 3.05) is 11.1 Å². The maximum Gasteiger partial charge on any atom is 0.148 e. The number of nitrogens with one attached hydrogen (secondary N) is 1. The van der Waals surface area contributed by atoms with E-state index in [9.17, 15) is 4.39 Å². The maximum atomic E-state index is 13.5. The molecular weight excluding hydrogens is 219 g/mol. The number of aryl methyl sites for hydroxylation is 1. The van der Waals surface area contributed by atoms with E-state index in [1.54, 1.807) is 24.4 Å². The minimum atomic E-state index is -0.365. The van der Waals surface area contributed by atoms with Gasteiger partial charge in [0.05, 0.1) is 17.9 Å². The smallest absolute Gasteiger partial charge is 0.148 e. The molecule has 0 unspecified atom stereocenters. The zero-order chi connectivity index (χ0) is 12.3. The molecule has 0 saturated heterocycles. The lowest BCUT2D eigenvalue weighted by atomic mass is 10.2. The summed E-state index contributed by atoms with van der Waals surface area (Å²) < 4.78 is 13.5. The summed E-state index contributed by atoms with van der Waals surface area (Å²) in [5.74, 6) is 0.331. The number of nitrogen functional groups attached to an aromatic ring is 1. The van der Waals surface area contributed by atoms with Crippen LogP contribution in [0.5, 0.6) is 0 Å². The highest BCUT2D eigenvalue weighted by atomic mass is 19.1. The van der Waals surface area contributed by atoms with Crippen molar-refractivity contribution in [3.63, 3.8) is 0 Å². The number of aromatic nitrogens is 2. The van der Waals surface area contributed by atoms with E-state index >= 15 is 0 Å². The Labute approximate surface area is 98.7 Å². The van der Waals surface area contributed by atoms with Gasteiger partial charge in [-0.25, -0.2) is 14.4 Å². The van der Waals surface area contributed by atoms with Gasteiger partial charge in [-0.05, 0) is 31.2 Å². The van der Waals surface area contributed by atoms with Crippen molar-refractivity contribution >= 4 is 11.4 Å². The Hall–Kier alpha value is -2.17. The van der Waals surface area contributed by atoms with Gasteiger partial charge in [0.15, 0.2) is 0 Å². The Morgan fingerprint density at radius 1 is 1.35 bits per heavy atom. The Kier molecular flexibility index (Phi) is 3.18. The van der Waals surface area contributed by atoms with Crippen molar-refractivity contribution in [2.24, 2.45) is 0 Å². The van der Waals surface area contributed by atoms with E-state index in [0.717, 1.165) is 5.69 Å². The van der Waals surface area contributed by atoms with Crippen molar-refractivity contribution in [3.05, 3.63) is 47.8 Å². The number of benzene rings is 1. The molecule has 1 aromatic carbocycles. The monoisotopic (exact) mass is 232 g/mol. The predicted octanol–water partition coefficient (Wildman–Crippen LogP) is 2.12. The van der Waals surface area contributed by atoms with E-state index in [0.29, 0.717) is 23.7 Å². The van der Waals surface area contributed by atoms with Crippen LogP contribution in [0.4, 0.5) is 15.8 Å². The summed E-state index contributed by atoms with van der Waals surface area (Å²) in [6, 6.07) is 6.33. The zero-order valence-corrected chi connectivity index (χ0v) is 9.44. The van der Waals surface area contributed by atoms with E-state index < -0.39 is 0 Å². The van der Waals surface area contributed by atoms with Gasteiger partial charge in [0, 0.05) is 11.9 Å². The van der Waals surface area contributed by atoms with Crippen LogP contribution in [0.25, 0.3) is 0 Å². The molecule has 1 aromatic heterocycles. The Morgan fingerprint density at radius 2 is 2.18 bits per heavy atom. The summed E-state index contributed by atoms with van der Waals surface area (Å²) in [6.45, 7) is 2.26. The quantitative estimate of drug-likeness (QED) is 0.795. The second kappa shape index (κ2) is 4.78. The van der Waals surface area contributed by atoms with Gasteiger partial charge >= 0.3 is 0 Å². The van der Waals surface area contributed by atoms with Crippen LogP contribution in [0.15, 0.2) is 30.5 Å². The SMILES string of the molecule is Cc1nccc(CNc2ccc(N)cc2F)n1. The third-order valence-electron chi connectivity index (χ3n) is 2.29. The molecule has 0 radical (unpaired) electrons. The van der Waals surface area contributed by atoms with Gasteiger partial charge in [0.25, 0.3) is 0 Å². The van der Waals surface area contributed by atoms with Gasteiger partial charge in [0.2, 0.25) is 0 Å². The summed E-state index contributed by atoms with van der Waals surface area (Å²) in [7, 11) is 0. The summed E-state index contributed by atoms with van der Waals surface area (Å²) in [6.07, 6.45) is 1.68.